The first-order valence-electron chi connectivity index (χ1n) is 10.2. The number of nitrogens with one attached hydrogen (secondary N) is 1. The molecule has 1 aliphatic rings. The SMILES string of the molecule is O=C(Nc1ccc(N2CCCN(Cc3ccc(Cl)c(Cl)c3)C2=O)cc1)c1ccc(F)cc1F. The highest BCUT2D eigenvalue weighted by Crippen LogP contribution is 2.26. The summed E-state index contributed by atoms with van der Waals surface area (Å²) in [4.78, 5) is 28.7. The van der Waals surface area contributed by atoms with E-state index in [1.165, 1.54) is 0 Å². The van der Waals surface area contributed by atoms with E-state index < -0.39 is 17.5 Å². The Labute approximate surface area is 199 Å². The first-order chi connectivity index (χ1) is 15.8. The molecule has 1 fully saturated rings. The van der Waals surface area contributed by atoms with Crippen LogP contribution in [-0.4, -0.2) is 29.9 Å². The third-order valence-electron chi connectivity index (χ3n) is 5.28. The average molecular weight is 490 g/mol. The Morgan fingerprint density at radius 3 is 2.39 bits per heavy atom. The second-order valence-corrected chi connectivity index (χ2v) is 8.40. The van der Waals surface area contributed by atoms with Crippen LogP contribution >= 0.6 is 23.2 Å². The highest BCUT2D eigenvalue weighted by molar-refractivity contribution is 6.42. The summed E-state index contributed by atoms with van der Waals surface area (Å²) in [6, 6.07) is 14.6. The van der Waals surface area contributed by atoms with Crippen molar-refractivity contribution in [3.8, 4) is 0 Å². The fraction of sp³-hybridized carbons (Fsp3) is 0.167. The lowest BCUT2D eigenvalue weighted by atomic mass is 10.1. The summed E-state index contributed by atoms with van der Waals surface area (Å²) >= 11 is 12.1. The molecule has 9 heteroatoms. The van der Waals surface area contributed by atoms with Gasteiger partial charge in [-0.1, -0.05) is 29.3 Å². The largest absolute Gasteiger partial charge is 0.324 e. The zero-order chi connectivity index (χ0) is 23.5. The number of nitrogens with zero attached hydrogens (tertiary/aromatic N) is 2. The molecule has 0 aromatic heterocycles. The number of hydrogen-bond donors (Lipinski definition) is 1. The van der Waals surface area contributed by atoms with Crippen LogP contribution in [0.4, 0.5) is 25.0 Å². The molecule has 0 radical (unpaired) electrons. The zero-order valence-electron chi connectivity index (χ0n) is 17.3. The van der Waals surface area contributed by atoms with Crippen molar-refractivity contribution in [1.82, 2.24) is 4.90 Å². The molecule has 0 unspecified atom stereocenters. The van der Waals surface area contributed by atoms with E-state index >= 15 is 0 Å². The minimum atomic E-state index is -0.940. The lowest BCUT2D eigenvalue weighted by molar-refractivity contribution is 0.102. The summed E-state index contributed by atoms with van der Waals surface area (Å²) in [6.45, 7) is 1.58. The summed E-state index contributed by atoms with van der Waals surface area (Å²) in [5.41, 5.74) is 1.71. The Morgan fingerprint density at radius 1 is 0.939 bits per heavy atom. The van der Waals surface area contributed by atoms with Gasteiger partial charge >= 0.3 is 6.03 Å². The number of carbonyl (C=O) groups excluding carboxylic acids is 2. The van der Waals surface area contributed by atoms with Crippen LogP contribution in [0.15, 0.2) is 60.7 Å². The second kappa shape index (κ2) is 9.77. The van der Waals surface area contributed by atoms with Crippen molar-refractivity contribution >= 4 is 46.5 Å². The molecule has 0 atom stereocenters. The number of anilines is 2. The molecule has 1 aliphatic heterocycles. The first kappa shape index (κ1) is 23.0. The second-order valence-electron chi connectivity index (χ2n) is 7.58. The molecule has 1 N–H and O–H groups in total. The summed E-state index contributed by atoms with van der Waals surface area (Å²) in [6.07, 6.45) is 0.787. The Kier molecular flexibility index (Phi) is 6.81. The molecule has 3 amide bonds. The van der Waals surface area contributed by atoms with Gasteiger partial charge in [0.2, 0.25) is 0 Å². The quantitative estimate of drug-likeness (QED) is 0.453. The van der Waals surface area contributed by atoms with Gasteiger partial charge in [-0.05, 0) is 60.5 Å². The van der Waals surface area contributed by atoms with Gasteiger partial charge in [0.1, 0.15) is 11.6 Å². The van der Waals surface area contributed by atoms with Gasteiger partial charge < -0.3 is 10.2 Å². The molecule has 3 aromatic carbocycles. The van der Waals surface area contributed by atoms with Gasteiger partial charge in [-0.25, -0.2) is 13.6 Å². The normalized spacial score (nSPS) is 13.9. The lowest BCUT2D eigenvalue weighted by Gasteiger charge is -2.35. The molecule has 0 saturated carbocycles. The highest BCUT2D eigenvalue weighted by Gasteiger charge is 2.27. The smallest absolute Gasteiger partial charge is 0.322 e. The van der Waals surface area contributed by atoms with Crippen molar-refractivity contribution in [2.75, 3.05) is 23.3 Å². The molecule has 4 rings (SSSR count). The monoisotopic (exact) mass is 489 g/mol. The number of urea groups is 1. The van der Waals surface area contributed by atoms with Crippen molar-refractivity contribution in [3.63, 3.8) is 0 Å². The number of benzene rings is 3. The number of amides is 3. The predicted octanol–water partition coefficient (Wildman–Crippen LogP) is 6.36. The van der Waals surface area contributed by atoms with E-state index in [1.807, 2.05) is 6.07 Å². The van der Waals surface area contributed by atoms with E-state index in [-0.39, 0.29) is 11.6 Å². The van der Waals surface area contributed by atoms with Gasteiger partial charge in [0, 0.05) is 37.1 Å². The van der Waals surface area contributed by atoms with Crippen LogP contribution in [0.25, 0.3) is 0 Å². The summed E-state index contributed by atoms with van der Waals surface area (Å²) in [7, 11) is 0. The molecule has 0 aliphatic carbocycles. The van der Waals surface area contributed by atoms with Crippen LogP contribution < -0.4 is 10.2 Å². The highest BCUT2D eigenvalue weighted by atomic mass is 35.5. The molecule has 0 spiro atoms. The van der Waals surface area contributed by atoms with Crippen LogP contribution in [-0.2, 0) is 6.54 Å². The van der Waals surface area contributed by atoms with Crippen LogP contribution in [0.2, 0.25) is 10.0 Å². The van der Waals surface area contributed by atoms with Gasteiger partial charge in [-0.15, -0.1) is 0 Å². The van der Waals surface area contributed by atoms with Crippen molar-refractivity contribution < 1.29 is 18.4 Å². The van der Waals surface area contributed by atoms with Crippen molar-refractivity contribution in [1.29, 1.82) is 0 Å². The third kappa shape index (κ3) is 5.26. The van der Waals surface area contributed by atoms with Gasteiger partial charge in [0.25, 0.3) is 5.91 Å². The number of halogens is 4. The van der Waals surface area contributed by atoms with Crippen molar-refractivity contribution in [3.05, 3.63) is 93.5 Å². The van der Waals surface area contributed by atoms with Crippen molar-refractivity contribution in [2.24, 2.45) is 0 Å². The van der Waals surface area contributed by atoms with E-state index in [0.29, 0.717) is 47.1 Å². The van der Waals surface area contributed by atoms with Crippen LogP contribution in [0.1, 0.15) is 22.3 Å². The maximum atomic E-state index is 13.8. The van der Waals surface area contributed by atoms with E-state index in [9.17, 15) is 18.4 Å². The van der Waals surface area contributed by atoms with Crippen molar-refractivity contribution in [2.45, 2.75) is 13.0 Å². The summed E-state index contributed by atoms with van der Waals surface area (Å²) in [5.74, 6) is -2.39. The fourth-order valence-corrected chi connectivity index (χ4v) is 3.94. The maximum Gasteiger partial charge on any atom is 0.324 e. The van der Waals surface area contributed by atoms with E-state index in [2.05, 4.69) is 5.32 Å². The topological polar surface area (TPSA) is 52.7 Å². The summed E-state index contributed by atoms with van der Waals surface area (Å²) < 4.78 is 26.9. The van der Waals surface area contributed by atoms with E-state index in [0.717, 1.165) is 24.1 Å². The van der Waals surface area contributed by atoms with Crippen LogP contribution in [0, 0.1) is 11.6 Å². The Hall–Kier alpha value is -3.16. The molecule has 33 heavy (non-hydrogen) atoms. The molecule has 3 aromatic rings. The van der Waals surface area contributed by atoms with E-state index in [4.69, 9.17) is 23.2 Å². The first-order valence-corrected chi connectivity index (χ1v) is 10.9. The average Bonchev–Trinajstić information content (AvgIpc) is 2.78. The standard InChI is InChI=1S/C24H19Cl2F2N3O2/c25-20-9-2-15(12-21(20)26)14-30-10-1-11-31(24(30)33)18-6-4-17(5-7-18)29-23(32)19-8-3-16(27)13-22(19)28/h2-9,12-13H,1,10-11,14H2,(H,29,32). The van der Waals surface area contributed by atoms with Crippen LogP contribution in [0.5, 0.6) is 0 Å². The van der Waals surface area contributed by atoms with Gasteiger partial charge in [-0.3, -0.25) is 9.69 Å². The maximum absolute atomic E-state index is 13.8. The predicted molar refractivity (Wildman–Crippen MR) is 125 cm³/mol. The molecule has 5 nitrogen and oxygen atoms in total. The zero-order valence-corrected chi connectivity index (χ0v) is 18.8. The number of carbonyl (C=O) groups is 2. The fourth-order valence-electron chi connectivity index (χ4n) is 3.62. The number of rotatable bonds is 5. The summed E-state index contributed by atoms with van der Waals surface area (Å²) in [5, 5.41) is 3.47. The van der Waals surface area contributed by atoms with Gasteiger partial charge in [0.15, 0.2) is 0 Å². The Bertz CT molecular complexity index is 1200. The van der Waals surface area contributed by atoms with E-state index in [1.54, 1.807) is 46.2 Å². The molecule has 1 heterocycles. The minimum Gasteiger partial charge on any atom is -0.322 e. The Morgan fingerprint density at radius 2 is 1.70 bits per heavy atom. The van der Waals surface area contributed by atoms with Crippen LogP contribution in [0.3, 0.4) is 0 Å². The Balaban J connectivity index is 1.43. The third-order valence-corrected chi connectivity index (χ3v) is 6.02. The molecular formula is C24H19Cl2F2N3O2. The molecular weight excluding hydrogens is 471 g/mol. The van der Waals surface area contributed by atoms with Gasteiger partial charge in [0.05, 0.1) is 15.6 Å². The molecule has 1 saturated heterocycles. The number of hydrogen-bond acceptors (Lipinski definition) is 2. The van der Waals surface area contributed by atoms with Gasteiger partial charge in [-0.2, -0.15) is 0 Å². The molecule has 170 valence electrons. The molecule has 0 bridgehead atoms. The lowest BCUT2D eigenvalue weighted by Crippen LogP contribution is -2.49. The minimum absolute atomic E-state index is 0.141.